The Kier molecular flexibility index (Phi) is 6.75. The largest absolute Gasteiger partial charge is 0.505 e. The first-order valence-electron chi connectivity index (χ1n) is 7.24. The van der Waals surface area contributed by atoms with Gasteiger partial charge in [0.1, 0.15) is 11.3 Å². The number of halogens is 3. The van der Waals surface area contributed by atoms with Crippen LogP contribution in [0.25, 0.3) is 0 Å². The van der Waals surface area contributed by atoms with Gasteiger partial charge in [0.15, 0.2) is 0 Å². The smallest absolute Gasteiger partial charge is 0.256 e. The Labute approximate surface area is 155 Å². The van der Waals surface area contributed by atoms with Gasteiger partial charge in [-0.3, -0.25) is 4.79 Å². The second-order valence-corrected chi connectivity index (χ2v) is 6.21. The highest BCUT2D eigenvalue weighted by Crippen LogP contribution is 2.38. The van der Waals surface area contributed by atoms with E-state index in [4.69, 9.17) is 39.5 Å². The van der Waals surface area contributed by atoms with Crippen molar-refractivity contribution in [1.82, 2.24) is 5.32 Å². The average molecular weight is 389 g/mol. The van der Waals surface area contributed by atoms with Crippen LogP contribution in [0.5, 0.6) is 5.75 Å². The maximum Gasteiger partial charge on any atom is 0.256 e. The van der Waals surface area contributed by atoms with Crippen molar-refractivity contribution in [2.75, 3.05) is 6.61 Å². The van der Waals surface area contributed by atoms with Gasteiger partial charge >= 0.3 is 0 Å². The summed E-state index contributed by atoms with van der Waals surface area (Å²) < 4.78 is 5.33. The Bertz CT molecular complexity index is 707. The van der Waals surface area contributed by atoms with Gasteiger partial charge in [-0.25, -0.2) is 0 Å². The van der Waals surface area contributed by atoms with E-state index in [0.717, 1.165) is 11.1 Å². The third-order valence-corrected chi connectivity index (χ3v) is 4.40. The molecule has 0 atom stereocenters. The SMILES string of the molecule is CCOCc1ccc(CNC(=O)c2c(O)c(Cl)cc(Cl)c2Cl)cc1. The molecule has 7 heteroatoms. The molecule has 2 aromatic carbocycles. The molecular weight excluding hydrogens is 373 g/mol. The summed E-state index contributed by atoms with van der Waals surface area (Å²) in [4.78, 5) is 12.3. The molecule has 0 aliphatic heterocycles. The third kappa shape index (κ3) is 4.54. The van der Waals surface area contributed by atoms with Crippen LogP contribution < -0.4 is 5.32 Å². The molecule has 24 heavy (non-hydrogen) atoms. The molecule has 0 spiro atoms. The van der Waals surface area contributed by atoms with Crippen molar-refractivity contribution in [3.8, 4) is 5.75 Å². The van der Waals surface area contributed by atoms with E-state index < -0.39 is 11.7 Å². The van der Waals surface area contributed by atoms with Crippen LogP contribution in [-0.2, 0) is 17.9 Å². The van der Waals surface area contributed by atoms with Gasteiger partial charge in [-0.05, 0) is 24.1 Å². The Morgan fingerprint density at radius 2 is 1.75 bits per heavy atom. The summed E-state index contributed by atoms with van der Waals surface area (Å²) >= 11 is 17.7. The first-order valence-corrected chi connectivity index (χ1v) is 8.37. The van der Waals surface area contributed by atoms with E-state index >= 15 is 0 Å². The molecule has 1 amide bonds. The van der Waals surface area contributed by atoms with Crippen molar-refractivity contribution in [2.24, 2.45) is 0 Å². The molecule has 2 aromatic rings. The van der Waals surface area contributed by atoms with Crippen molar-refractivity contribution < 1.29 is 14.6 Å². The summed E-state index contributed by atoms with van der Waals surface area (Å²) in [6.07, 6.45) is 0. The minimum absolute atomic E-state index is 0.0326. The summed E-state index contributed by atoms with van der Waals surface area (Å²) in [5.41, 5.74) is 1.81. The predicted octanol–water partition coefficient (Wildman–Crippen LogP) is 4.82. The van der Waals surface area contributed by atoms with E-state index in [1.807, 2.05) is 31.2 Å². The zero-order valence-electron chi connectivity index (χ0n) is 12.9. The molecule has 2 N–H and O–H groups in total. The van der Waals surface area contributed by atoms with Crippen molar-refractivity contribution in [1.29, 1.82) is 0 Å². The molecule has 128 valence electrons. The minimum atomic E-state index is -0.555. The topological polar surface area (TPSA) is 58.6 Å². The van der Waals surface area contributed by atoms with Crippen LogP contribution in [0.3, 0.4) is 0 Å². The Hall–Kier alpha value is -1.46. The molecule has 2 rings (SSSR count). The molecule has 0 aromatic heterocycles. The first kappa shape index (κ1) is 18.9. The average Bonchev–Trinajstić information content (AvgIpc) is 2.57. The Balaban J connectivity index is 2.06. The molecule has 0 saturated heterocycles. The van der Waals surface area contributed by atoms with Crippen molar-refractivity contribution in [3.63, 3.8) is 0 Å². The number of hydrogen-bond acceptors (Lipinski definition) is 3. The van der Waals surface area contributed by atoms with Crippen LogP contribution in [0, 0.1) is 0 Å². The number of carbonyl (C=O) groups excluding carboxylic acids is 1. The first-order chi connectivity index (χ1) is 11.4. The van der Waals surface area contributed by atoms with Crippen molar-refractivity contribution in [2.45, 2.75) is 20.1 Å². The fourth-order valence-electron chi connectivity index (χ4n) is 2.04. The molecule has 0 bridgehead atoms. The van der Waals surface area contributed by atoms with Crippen LogP contribution in [0.4, 0.5) is 0 Å². The summed E-state index contributed by atoms with van der Waals surface area (Å²) in [5, 5.41) is 12.7. The molecule has 4 nitrogen and oxygen atoms in total. The highest BCUT2D eigenvalue weighted by atomic mass is 35.5. The number of aromatic hydroxyl groups is 1. The second kappa shape index (κ2) is 8.58. The molecule has 0 aliphatic carbocycles. The van der Waals surface area contributed by atoms with Gasteiger partial charge in [0, 0.05) is 13.2 Å². The third-order valence-electron chi connectivity index (χ3n) is 3.32. The quantitative estimate of drug-likeness (QED) is 0.698. The Morgan fingerprint density at radius 1 is 1.12 bits per heavy atom. The lowest BCUT2D eigenvalue weighted by Gasteiger charge is -2.11. The van der Waals surface area contributed by atoms with Crippen LogP contribution >= 0.6 is 34.8 Å². The predicted molar refractivity (Wildman–Crippen MR) is 96.1 cm³/mol. The molecule has 0 saturated carbocycles. The molecule has 0 radical (unpaired) electrons. The number of rotatable bonds is 6. The molecule has 0 fully saturated rings. The van der Waals surface area contributed by atoms with Crippen molar-refractivity contribution in [3.05, 3.63) is 62.1 Å². The summed E-state index contributed by atoms with van der Waals surface area (Å²) in [6.45, 7) is 3.41. The molecule has 0 heterocycles. The lowest BCUT2D eigenvalue weighted by molar-refractivity contribution is 0.0948. The van der Waals surface area contributed by atoms with Gasteiger partial charge in [-0.15, -0.1) is 0 Å². The number of phenols is 1. The van der Waals surface area contributed by atoms with E-state index in [1.165, 1.54) is 6.07 Å². The second-order valence-electron chi connectivity index (χ2n) is 5.01. The van der Waals surface area contributed by atoms with E-state index in [1.54, 1.807) is 0 Å². The van der Waals surface area contributed by atoms with Gasteiger partial charge in [0.2, 0.25) is 0 Å². The fourth-order valence-corrected chi connectivity index (χ4v) is 2.73. The van der Waals surface area contributed by atoms with Crippen LogP contribution in [0.2, 0.25) is 15.1 Å². The number of hydrogen-bond donors (Lipinski definition) is 2. The molecule has 0 unspecified atom stereocenters. The van der Waals surface area contributed by atoms with E-state index in [2.05, 4.69) is 5.32 Å². The lowest BCUT2D eigenvalue weighted by Crippen LogP contribution is -2.23. The highest BCUT2D eigenvalue weighted by Gasteiger charge is 2.20. The molecule has 0 aliphatic rings. The number of ether oxygens (including phenoxy) is 1. The number of amides is 1. The van der Waals surface area contributed by atoms with Gasteiger partial charge in [-0.1, -0.05) is 59.1 Å². The Morgan fingerprint density at radius 3 is 2.38 bits per heavy atom. The van der Waals surface area contributed by atoms with Crippen LogP contribution in [0.15, 0.2) is 30.3 Å². The number of benzene rings is 2. The number of phenolic OH excluding ortho intramolecular Hbond substituents is 1. The monoisotopic (exact) mass is 387 g/mol. The zero-order valence-corrected chi connectivity index (χ0v) is 15.2. The number of nitrogens with one attached hydrogen (secondary N) is 1. The maximum atomic E-state index is 12.3. The zero-order chi connectivity index (χ0) is 17.7. The summed E-state index contributed by atoms with van der Waals surface area (Å²) in [5.74, 6) is -0.948. The highest BCUT2D eigenvalue weighted by molar-refractivity contribution is 6.45. The van der Waals surface area contributed by atoms with Crippen molar-refractivity contribution >= 4 is 40.7 Å². The lowest BCUT2D eigenvalue weighted by atomic mass is 10.1. The van der Waals surface area contributed by atoms with E-state index in [9.17, 15) is 9.90 Å². The molecular formula is C17H16Cl3NO3. The van der Waals surface area contributed by atoms with Gasteiger partial charge < -0.3 is 15.2 Å². The standard InChI is InChI=1S/C17H16Cl3NO3/c1-2-24-9-11-5-3-10(4-6-11)8-21-17(23)14-15(20)12(18)7-13(19)16(14)22/h3-7,22H,2,8-9H2,1H3,(H,21,23). The normalized spacial score (nSPS) is 10.7. The minimum Gasteiger partial charge on any atom is -0.505 e. The van der Waals surface area contributed by atoms with Gasteiger partial charge in [-0.2, -0.15) is 0 Å². The number of carbonyl (C=O) groups is 1. The van der Waals surface area contributed by atoms with Gasteiger partial charge in [0.25, 0.3) is 5.91 Å². The van der Waals surface area contributed by atoms with E-state index in [0.29, 0.717) is 13.2 Å². The van der Waals surface area contributed by atoms with Gasteiger partial charge in [0.05, 0.1) is 21.7 Å². The summed E-state index contributed by atoms with van der Waals surface area (Å²) in [6, 6.07) is 8.92. The summed E-state index contributed by atoms with van der Waals surface area (Å²) in [7, 11) is 0. The fraction of sp³-hybridized carbons (Fsp3) is 0.235. The van der Waals surface area contributed by atoms with Crippen LogP contribution in [0.1, 0.15) is 28.4 Å². The maximum absolute atomic E-state index is 12.3. The van der Waals surface area contributed by atoms with E-state index in [-0.39, 0.29) is 27.2 Å². The van der Waals surface area contributed by atoms with Crippen LogP contribution in [-0.4, -0.2) is 17.6 Å².